The highest BCUT2D eigenvalue weighted by Crippen LogP contribution is 2.13. The summed E-state index contributed by atoms with van der Waals surface area (Å²) in [5, 5.41) is 29.8. The summed E-state index contributed by atoms with van der Waals surface area (Å²) in [6.45, 7) is 1.57. The van der Waals surface area contributed by atoms with Crippen LogP contribution in [-0.4, -0.2) is 28.1 Å². The normalized spacial score (nSPS) is 14.7. The van der Waals surface area contributed by atoms with E-state index >= 15 is 0 Å². The molecule has 0 bridgehead atoms. The van der Waals surface area contributed by atoms with E-state index in [1.165, 1.54) is 0 Å². The molecule has 0 aliphatic heterocycles. The van der Waals surface area contributed by atoms with Gasteiger partial charge in [-0.3, -0.25) is 4.79 Å². The molecule has 0 heterocycles. The standard InChI is InChI=1S/C14H16N2O4/c1-9(8-15)7-11(14(19)20)16-13(18)12(17)10-5-3-2-4-6-10/h2-6,9,11-12,17H,7H2,1H3,(H,16,18)(H,19,20)/t9-,11-,12+/m1/s1. The van der Waals surface area contributed by atoms with Crippen LogP contribution in [-0.2, 0) is 9.59 Å². The van der Waals surface area contributed by atoms with Crippen molar-refractivity contribution in [3.05, 3.63) is 35.9 Å². The van der Waals surface area contributed by atoms with Crippen molar-refractivity contribution in [2.75, 3.05) is 0 Å². The predicted molar refractivity (Wildman–Crippen MR) is 70.4 cm³/mol. The van der Waals surface area contributed by atoms with Crippen LogP contribution in [0.4, 0.5) is 0 Å². The Balaban J connectivity index is 2.72. The zero-order valence-corrected chi connectivity index (χ0v) is 11.0. The molecule has 6 heteroatoms. The quantitative estimate of drug-likeness (QED) is 0.713. The van der Waals surface area contributed by atoms with Crippen molar-refractivity contribution in [3.8, 4) is 6.07 Å². The minimum atomic E-state index is -1.43. The Morgan fingerprint density at radius 1 is 1.35 bits per heavy atom. The second-order valence-electron chi connectivity index (χ2n) is 4.48. The van der Waals surface area contributed by atoms with Crippen molar-refractivity contribution < 1.29 is 19.8 Å². The number of rotatable bonds is 6. The number of amides is 1. The molecule has 0 saturated heterocycles. The maximum absolute atomic E-state index is 11.8. The Labute approximate surface area is 116 Å². The zero-order chi connectivity index (χ0) is 15.1. The van der Waals surface area contributed by atoms with Gasteiger partial charge < -0.3 is 15.5 Å². The molecule has 1 amide bonds. The molecule has 0 aliphatic carbocycles. The van der Waals surface area contributed by atoms with Gasteiger partial charge in [0.2, 0.25) is 0 Å². The van der Waals surface area contributed by atoms with E-state index in [4.69, 9.17) is 10.4 Å². The lowest BCUT2D eigenvalue weighted by Gasteiger charge is -2.18. The molecule has 106 valence electrons. The van der Waals surface area contributed by atoms with Gasteiger partial charge in [0.15, 0.2) is 6.10 Å². The number of aliphatic carboxylic acids is 1. The summed E-state index contributed by atoms with van der Waals surface area (Å²) in [5.74, 6) is -2.54. The molecule has 0 saturated carbocycles. The number of aliphatic hydroxyl groups excluding tert-OH is 1. The molecule has 0 aliphatic rings. The van der Waals surface area contributed by atoms with Crippen LogP contribution in [0.3, 0.4) is 0 Å². The first kappa shape index (κ1) is 15.7. The first-order valence-electron chi connectivity index (χ1n) is 6.11. The number of carbonyl (C=O) groups is 2. The fourth-order valence-corrected chi connectivity index (χ4v) is 1.67. The highest BCUT2D eigenvalue weighted by molar-refractivity contribution is 5.86. The largest absolute Gasteiger partial charge is 0.480 e. The Morgan fingerprint density at radius 3 is 2.45 bits per heavy atom. The molecule has 0 spiro atoms. The minimum Gasteiger partial charge on any atom is -0.480 e. The summed E-state index contributed by atoms with van der Waals surface area (Å²) in [6, 6.07) is 8.91. The first-order chi connectivity index (χ1) is 9.45. The average molecular weight is 276 g/mol. The van der Waals surface area contributed by atoms with Gasteiger partial charge >= 0.3 is 5.97 Å². The molecule has 20 heavy (non-hydrogen) atoms. The van der Waals surface area contributed by atoms with Gasteiger partial charge in [-0.15, -0.1) is 0 Å². The smallest absolute Gasteiger partial charge is 0.326 e. The molecule has 1 rings (SSSR count). The Kier molecular flexibility index (Phi) is 5.69. The third-order valence-corrected chi connectivity index (χ3v) is 2.79. The minimum absolute atomic E-state index is 0.0148. The van der Waals surface area contributed by atoms with Gasteiger partial charge in [0, 0.05) is 5.92 Å². The van der Waals surface area contributed by atoms with Crippen molar-refractivity contribution in [1.29, 1.82) is 5.26 Å². The van der Waals surface area contributed by atoms with Crippen molar-refractivity contribution >= 4 is 11.9 Å². The van der Waals surface area contributed by atoms with Crippen LogP contribution in [0.25, 0.3) is 0 Å². The van der Waals surface area contributed by atoms with E-state index in [9.17, 15) is 14.7 Å². The Hall–Kier alpha value is -2.39. The Morgan fingerprint density at radius 2 is 1.95 bits per heavy atom. The molecule has 0 radical (unpaired) electrons. The maximum Gasteiger partial charge on any atom is 0.326 e. The van der Waals surface area contributed by atoms with E-state index < -0.39 is 29.9 Å². The third kappa shape index (κ3) is 4.37. The topological polar surface area (TPSA) is 110 Å². The van der Waals surface area contributed by atoms with Crippen LogP contribution >= 0.6 is 0 Å². The van der Waals surface area contributed by atoms with E-state index in [0.29, 0.717) is 5.56 Å². The van der Waals surface area contributed by atoms with Crippen molar-refractivity contribution in [2.24, 2.45) is 5.92 Å². The number of hydrogen-bond acceptors (Lipinski definition) is 4. The highest BCUT2D eigenvalue weighted by atomic mass is 16.4. The molecule has 0 unspecified atom stereocenters. The number of nitrogens with one attached hydrogen (secondary N) is 1. The molecule has 3 N–H and O–H groups in total. The predicted octanol–water partition coefficient (Wildman–Crippen LogP) is 0.839. The van der Waals surface area contributed by atoms with E-state index in [-0.39, 0.29) is 6.42 Å². The second kappa shape index (κ2) is 7.26. The first-order valence-corrected chi connectivity index (χ1v) is 6.11. The molecule has 1 aromatic carbocycles. The van der Waals surface area contributed by atoms with E-state index in [0.717, 1.165) is 0 Å². The summed E-state index contributed by atoms with van der Waals surface area (Å²) in [5.41, 5.74) is 0.377. The summed E-state index contributed by atoms with van der Waals surface area (Å²) in [6.07, 6.45) is -1.45. The highest BCUT2D eigenvalue weighted by Gasteiger charge is 2.26. The SMILES string of the molecule is C[C@@H](C#N)C[C@@H](NC(=O)[C@@H](O)c1ccccc1)C(=O)O. The van der Waals surface area contributed by atoms with Crippen LogP contribution in [0.1, 0.15) is 25.0 Å². The van der Waals surface area contributed by atoms with Crippen LogP contribution in [0.15, 0.2) is 30.3 Å². The van der Waals surface area contributed by atoms with Gasteiger partial charge in [-0.25, -0.2) is 4.79 Å². The van der Waals surface area contributed by atoms with Gasteiger partial charge in [-0.05, 0) is 18.9 Å². The number of hydrogen-bond donors (Lipinski definition) is 3. The molecule has 0 aromatic heterocycles. The molecule has 6 nitrogen and oxygen atoms in total. The van der Waals surface area contributed by atoms with Crippen LogP contribution in [0.2, 0.25) is 0 Å². The molecule has 0 fully saturated rings. The van der Waals surface area contributed by atoms with Crippen molar-refractivity contribution in [2.45, 2.75) is 25.5 Å². The van der Waals surface area contributed by atoms with E-state index in [1.807, 2.05) is 6.07 Å². The van der Waals surface area contributed by atoms with E-state index in [1.54, 1.807) is 37.3 Å². The Bertz CT molecular complexity index is 510. The van der Waals surface area contributed by atoms with Crippen molar-refractivity contribution in [3.63, 3.8) is 0 Å². The van der Waals surface area contributed by atoms with Gasteiger partial charge in [0.25, 0.3) is 5.91 Å². The number of benzene rings is 1. The lowest BCUT2D eigenvalue weighted by molar-refractivity contribution is -0.143. The number of aliphatic hydroxyl groups is 1. The number of carboxylic acid groups (broad SMARTS) is 1. The number of nitriles is 1. The summed E-state index contributed by atoms with van der Waals surface area (Å²) in [4.78, 5) is 22.9. The second-order valence-corrected chi connectivity index (χ2v) is 4.48. The lowest BCUT2D eigenvalue weighted by Crippen LogP contribution is -2.43. The zero-order valence-electron chi connectivity index (χ0n) is 11.0. The number of carboxylic acids is 1. The number of carbonyl (C=O) groups excluding carboxylic acids is 1. The van der Waals surface area contributed by atoms with Crippen molar-refractivity contribution in [1.82, 2.24) is 5.32 Å². The summed E-state index contributed by atoms with van der Waals surface area (Å²) >= 11 is 0. The van der Waals surface area contributed by atoms with Crippen LogP contribution in [0.5, 0.6) is 0 Å². The average Bonchev–Trinajstić information content (AvgIpc) is 2.46. The third-order valence-electron chi connectivity index (χ3n) is 2.79. The molecule has 3 atom stereocenters. The van der Waals surface area contributed by atoms with Gasteiger partial charge in [0.1, 0.15) is 6.04 Å². The van der Waals surface area contributed by atoms with Gasteiger partial charge in [0.05, 0.1) is 6.07 Å². The van der Waals surface area contributed by atoms with Gasteiger partial charge in [-0.1, -0.05) is 30.3 Å². The van der Waals surface area contributed by atoms with Crippen LogP contribution in [0, 0.1) is 17.2 Å². The van der Waals surface area contributed by atoms with Crippen LogP contribution < -0.4 is 5.32 Å². The number of nitrogens with zero attached hydrogens (tertiary/aromatic N) is 1. The fourth-order valence-electron chi connectivity index (χ4n) is 1.67. The van der Waals surface area contributed by atoms with Gasteiger partial charge in [-0.2, -0.15) is 5.26 Å². The summed E-state index contributed by atoms with van der Waals surface area (Å²) < 4.78 is 0. The molecular weight excluding hydrogens is 260 g/mol. The monoisotopic (exact) mass is 276 g/mol. The molecule has 1 aromatic rings. The lowest BCUT2D eigenvalue weighted by atomic mass is 10.0. The fraction of sp³-hybridized carbons (Fsp3) is 0.357. The summed E-state index contributed by atoms with van der Waals surface area (Å²) in [7, 11) is 0. The maximum atomic E-state index is 11.8. The van der Waals surface area contributed by atoms with E-state index in [2.05, 4.69) is 5.32 Å². The molecular formula is C14H16N2O4.